The first-order chi connectivity index (χ1) is 11.3. The molecular weight excluding hydrogens is 328 g/mol. The Morgan fingerprint density at radius 3 is 2.58 bits per heavy atom. The molecule has 0 unspecified atom stereocenters. The maximum atomic E-state index is 12.5. The van der Waals surface area contributed by atoms with Crippen LogP contribution < -0.4 is 0 Å². The summed E-state index contributed by atoms with van der Waals surface area (Å²) in [5.74, 6) is 1.67. The monoisotopic (exact) mass is 352 g/mol. The Morgan fingerprint density at radius 1 is 1.33 bits per heavy atom. The summed E-state index contributed by atoms with van der Waals surface area (Å²) in [6.07, 6.45) is 10.1. The van der Waals surface area contributed by atoms with Crippen molar-refractivity contribution in [3.8, 4) is 0 Å². The molecular formula is C15H24N6O2S. The van der Waals surface area contributed by atoms with Crippen molar-refractivity contribution in [2.45, 2.75) is 37.3 Å². The zero-order valence-electron chi connectivity index (χ0n) is 14.6. The Balaban J connectivity index is 1.54. The summed E-state index contributed by atoms with van der Waals surface area (Å²) in [6, 6.07) is 0. The summed E-state index contributed by atoms with van der Waals surface area (Å²) in [6.45, 7) is 3.47. The first-order valence-corrected chi connectivity index (χ1v) is 10.8. The topological polar surface area (TPSA) is 89.9 Å². The van der Waals surface area contributed by atoms with Crippen molar-refractivity contribution in [3.63, 3.8) is 0 Å². The van der Waals surface area contributed by atoms with Crippen LogP contribution in [0.3, 0.4) is 0 Å². The molecule has 1 saturated heterocycles. The van der Waals surface area contributed by atoms with Gasteiger partial charge < -0.3 is 9.42 Å². The molecule has 2 aromatic rings. The molecule has 1 aliphatic heterocycles. The van der Waals surface area contributed by atoms with Crippen LogP contribution in [0.4, 0.5) is 0 Å². The first-order valence-electron chi connectivity index (χ1n) is 7.99. The highest BCUT2D eigenvalue weighted by molar-refractivity contribution is 8.32. The fourth-order valence-electron chi connectivity index (χ4n) is 2.73. The van der Waals surface area contributed by atoms with Gasteiger partial charge in [0.15, 0.2) is 5.82 Å². The molecule has 8 nitrogen and oxygen atoms in total. The van der Waals surface area contributed by atoms with Crippen LogP contribution in [0.15, 0.2) is 15.7 Å². The molecule has 1 aliphatic rings. The number of hydrogen-bond acceptors (Lipinski definition) is 6. The number of carbonyl (C=O) groups excluding carboxylic acids is 1. The molecule has 0 bridgehead atoms. The van der Waals surface area contributed by atoms with Gasteiger partial charge in [-0.3, -0.25) is 4.79 Å². The highest BCUT2D eigenvalue weighted by atomic mass is 32.3. The fraction of sp³-hybridized carbons (Fsp3) is 0.667. The maximum Gasteiger partial charge on any atom is 0.244 e. The second-order valence-electron chi connectivity index (χ2n) is 6.93. The quantitative estimate of drug-likeness (QED) is 0.827. The van der Waals surface area contributed by atoms with Crippen molar-refractivity contribution in [1.82, 2.24) is 30.0 Å². The molecule has 132 valence electrons. The second kappa shape index (κ2) is 6.54. The Kier molecular flexibility index (Phi) is 4.62. The minimum atomic E-state index is -0.921. The number of hydrogen-bond donors (Lipinski definition) is 0. The maximum absolute atomic E-state index is 12.5. The number of amides is 1. The molecule has 3 heterocycles. The smallest absolute Gasteiger partial charge is 0.244 e. The minimum absolute atomic E-state index is 0.0792. The van der Waals surface area contributed by atoms with Gasteiger partial charge in [0.2, 0.25) is 11.8 Å². The van der Waals surface area contributed by atoms with E-state index in [1.165, 1.54) is 0 Å². The fourth-order valence-corrected chi connectivity index (χ4v) is 3.45. The average Bonchev–Trinajstić information content (AvgIpc) is 3.16. The lowest BCUT2D eigenvalue weighted by Crippen LogP contribution is -2.39. The van der Waals surface area contributed by atoms with E-state index in [4.69, 9.17) is 4.52 Å². The third-order valence-corrected chi connectivity index (χ3v) is 5.62. The molecule has 0 atom stereocenters. The van der Waals surface area contributed by atoms with Crippen LogP contribution in [0.2, 0.25) is 0 Å². The molecule has 1 fully saturated rings. The summed E-state index contributed by atoms with van der Waals surface area (Å²) < 4.78 is 6.89. The summed E-state index contributed by atoms with van der Waals surface area (Å²) in [5, 5.41) is 13.1. The van der Waals surface area contributed by atoms with Crippen LogP contribution in [0.25, 0.3) is 0 Å². The summed E-state index contributed by atoms with van der Waals surface area (Å²) >= 11 is 0. The van der Waals surface area contributed by atoms with E-state index < -0.39 is 10.0 Å². The van der Waals surface area contributed by atoms with Crippen LogP contribution in [-0.2, 0) is 11.3 Å². The molecule has 2 aromatic heterocycles. The molecule has 0 aromatic carbocycles. The van der Waals surface area contributed by atoms with Gasteiger partial charge in [-0.05, 0) is 38.5 Å². The van der Waals surface area contributed by atoms with Crippen molar-refractivity contribution in [2.75, 3.05) is 31.9 Å². The predicted molar refractivity (Wildman–Crippen MR) is 91.2 cm³/mol. The number of likely N-dealkylation sites (tertiary alicyclic amines) is 1. The Hall–Kier alpha value is -1.90. The van der Waals surface area contributed by atoms with Gasteiger partial charge in [0, 0.05) is 19.0 Å². The van der Waals surface area contributed by atoms with Gasteiger partial charge in [-0.25, -0.2) is 14.7 Å². The van der Waals surface area contributed by atoms with Crippen molar-refractivity contribution >= 4 is 15.9 Å². The lowest BCUT2D eigenvalue weighted by atomic mass is 9.97. The molecule has 24 heavy (non-hydrogen) atoms. The van der Waals surface area contributed by atoms with Gasteiger partial charge in [0.1, 0.15) is 11.6 Å². The Morgan fingerprint density at radius 2 is 2.04 bits per heavy atom. The zero-order valence-corrected chi connectivity index (χ0v) is 15.4. The first kappa shape index (κ1) is 16.9. The van der Waals surface area contributed by atoms with E-state index in [9.17, 15) is 4.79 Å². The van der Waals surface area contributed by atoms with E-state index in [1.807, 2.05) is 18.0 Å². The third-order valence-electron chi connectivity index (χ3n) is 4.18. The number of rotatable bonds is 4. The van der Waals surface area contributed by atoms with Gasteiger partial charge >= 0.3 is 0 Å². The van der Waals surface area contributed by atoms with Crippen LogP contribution in [0, 0.1) is 6.92 Å². The molecule has 0 aliphatic carbocycles. The van der Waals surface area contributed by atoms with E-state index in [0.717, 1.165) is 17.9 Å². The summed E-state index contributed by atoms with van der Waals surface area (Å²) in [4.78, 5) is 18.6. The normalized spacial score (nSPS) is 17.2. The third kappa shape index (κ3) is 3.77. The van der Waals surface area contributed by atoms with Crippen LogP contribution in [0.5, 0.6) is 0 Å². The van der Waals surface area contributed by atoms with Crippen molar-refractivity contribution < 1.29 is 9.32 Å². The number of aryl methyl sites for hydroxylation is 1. The highest BCUT2D eigenvalue weighted by Crippen LogP contribution is 2.43. The summed E-state index contributed by atoms with van der Waals surface area (Å²) in [5.41, 5.74) is 0. The number of piperidine rings is 1. The van der Waals surface area contributed by atoms with Gasteiger partial charge in [-0.15, -0.1) is 5.10 Å². The van der Waals surface area contributed by atoms with E-state index >= 15 is 0 Å². The highest BCUT2D eigenvalue weighted by Gasteiger charge is 2.27. The Labute approximate surface area is 142 Å². The second-order valence-corrected chi connectivity index (χ2v) is 11.0. The zero-order chi connectivity index (χ0) is 17.3. The standard InChI is InChI=1S/C15H24N6O2S/c1-11-16-15(23-18-11)12-5-7-20(8-6-12)14(22)10-21-9-13(17-19-21)24(2,3)4/h9,12H,5-8,10H2,1-4H3. The summed E-state index contributed by atoms with van der Waals surface area (Å²) in [7, 11) is -0.921. The van der Waals surface area contributed by atoms with Crippen LogP contribution >= 0.6 is 10.0 Å². The van der Waals surface area contributed by atoms with Crippen molar-refractivity contribution in [1.29, 1.82) is 0 Å². The lowest BCUT2D eigenvalue weighted by Gasteiger charge is -2.30. The molecule has 0 N–H and O–H groups in total. The SMILES string of the molecule is Cc1noc(C2CCN(C(=O)Cn3cc(S(C)(C)C)nn3)CC2)n1. The van der Waals surface area contributed by atoms with Gasteiger partial charge in [-0.1, -0.05) is 10.4 Å². The van der Waals surface area contributed by atoms with Crippen LogP contribution in [-0.4, -0.2) is 67.8 Å². The van der Waals surface area contributed by atoms with Crippen molar-refractivity contribution in [2.24, 2.45) is 0 Å². The van der Waals surface area contributed by atoms with Crippen molar-refractivity contribution in [3.05, 3.63) is 17.9 Å². The van der Waals surface area contributed by atoms with E-state index in [0.29, 0.717) is 24.8 Å². The minimum Gasteiger partial charge on any atom is -0.341 e. The van der Waals surface area contributed by atoms with Gasteiger partial charge in [-0.2, -0.15) is 4.98 Å². The molecule has 3 rings (SSSR count). The van der Waals surface area contributed by atoms with Crippen LogP contribution in [0.1, 0.15) is 30.5 Å². The molecule has 0 radical (unpaired) electrons. The lowest BCUT2D eigenvalue weighted by molar-refractivity contribution is -0.133. The molecule has 0 saturated carbocycles. The number of carbonyl (C=O) groups is 1. The molecule has 9 heteroatoms. The van der Waals surface area contributed by atoms with E-state index in [-0.39, 0.29) is 18.4 Å². The molecule has 1 amide bonds. The number of aromatic nitrogens is 5. The average molecular weight is 352 g/mol. The van der Waals surface area contributed by atoms with Gasteiger partial charge in [0.05, 0.1) is 6.20 Å². The van der Waals surface area contributed by atoms with E-state index in [1.54, 1.807) is 4.68 Å². The van der Waals surface area contributed by atoms with Gasteiger partial charge in [0.25, 0.3) is 0 Å². The van der Waals surface area contributed by atoms with E-state index in [2.05, 4.69) is 39.2 Å². The molecule has 0 spiro atoms. The Bertz CT molecular complexity index is 712. The predicted octanol–water partition coefficient (Wildman–Crippen LogP) is 1.43. The largest absolute Gasteiger partial charge is 0.341 e. The number of nitrogens with zero attached hydrogens (tertiary/aromatic N) is 6.